The topological polar surface area (TPSA) is 49.6 Å². The molecule has 1 aromatic carbocycles. The highest BCUT2D eigenvalue weighted by Crippen LogP contribution is 2.19. The number of rotatable bonds is 5. The quantitative estimate of drug-likeness (QED) is 0.878. The number of carbonyl (C=O) groups is 1. The fourth-order valence-corrected chi connectivity index (χ4v) is 3.16. The second kappa shape index (κ2) is 8.88. The molecule has 1 heterocycles. The van der Waals surface area contributed by atoms with Gasteiger partial charge in [-0.1, -0.05) is 43.1 Å². The molecule has 1 saturated heterocycles. The molecule has 0 saturated carbocycles. The van der Waals surface area contributed by atoms with Crippen LogP contribution in [-0.2, 0) is 11.3 Å². The number of nitrogens with zero attached hydrogens (tertiary/aromatic N) is 2. The lowest BCUT2D eigenvalue weighted by atomic mass is 9.95. The number of benzene rings is 1. The largest absolute Gasteiger partial charge is 0.339 e. The van der Waals surface area contributed by atoms with E-state index in [1.807, 2.05) is 30.0 Å². The van der Waals surface area contributed by atoms with Crippen molar-refractivity contribution in [3.05, 3.63) is 34.9 Å². The van der Waals surface area contributed by atoms with Crippen molar-refractivity contribution in [1.82, 2.24) is 9.80 Å². The Hall–Kier alpha value is -0.810. The van der Waals surface area contributed by atoms with E-state index in [2.05, 4.69) is 17.9 Å². The summed E-state index contributed by atoms with van der Waals surface area (Å²) in [5.41, 5.74) is 6.56. The Morgan fingerprint density at radius 3 is 2.43 bits per heavy atom. The van der Waals surface area contributed by atoms with Crippen LogP contribution >= 0.6 is 24.0 Å². The molecule has 1 aliphatic heterocycles. The van der Waals surface area contributed by atoms with Gasteiger partial charge >= 0.3 is 0 Å². The van der Waals surface area contributed by atoms with Crippen molar-refractivity contribution in [3.63, 3.8) is 0 Å². The average Bonchev–Trinajstić information content (AvgIpc) is 2.49. The van der Waals surface area contributed by atoms with E-state index in [1.165, 1.54) is 0 Å². The molecular weight excluding hydrogens is 333 g/mol. The van der Waals surface area contributed by atoms with Crippen molar-refractivity contribution < 1.29 is 4.79 Å². The first-order valence-corrected chi connectivity index (χ1v) is 8.36. The van der Waals surface area contributed by atoms with E-state index in [-0.39, 0.29) is 18.3 Å². The lowest BCUT2D eigenvalue weighted by Gasteiger charge is -2.38. The third-order valence-electron chi connectivity index (χ3n) is 4.27. The van der Waals surface area contributed by atoms with Crippen molar-refractivity contribution in [3.8, 4) is 0 Å². The summed E-state index contributed by atoms with van der Waals surface area (Å²) in [6, 6.07) is 7.92. The summed E-state index contributed by atoms with van der Waals surface area (Å²) in [5, 5.41) is 0.804. The SMILES string of the molecule is CCCC(C)(N)C(=O)N1CCN(Cc2ccccc2Cl)CC1.Cl. The Kier molecular flexibility index (Phi) is 7.81. The maximum atomic E-state index is 12.5. The predicted molar refractivity (Wildman–Crippen MR) is 98.1 cm³/mol. The molecule has 4 nitrogen and oxygen atoms in total. The fraction of sp³-hybridized carbons (Fsp3) is 0.588. The smallest absolute Gasteiger partial charge is 0.242 e. The first-order chi connectivity index (χ1) is 10.4. The van der Waals surface area contributed by atoms with Gasteiger partial charge in [-0.05, 0) is 25.0 Å². The van der Waals surface area contributed by atoms with Gasteiger partial charge in [0.15, 0.2) is 0 Å². The van der Waals surface area contributed by atoms with E-state index in [4.69, 9.17) is 17.3 Å². The Bertz CT molecular complexity index is 514. The number of piperazine rings is 1. The Labute approximate surface area is 150 Å². The monoisotopic (exact) mass is 359 g/mol. The predicted octanol–water partition coefficient (Wildman–Crippen LogP) is 2.92. The molecule has 0 spiro atoms. The molecule has 23 heavy (non-hydrogen) atoms. The maximum absolute atomic E-state index is 12.5. The third kappa shape index (κ3) is 5.35. The van der Waals surface area contributed by atoms with E-state index in [0.29, 0.717) is 0 Å². The van der Waals surface area contributed by atoms with E-state index in [9.17, 15) is 4.79 Å². The van der Waals surface area contributed by atoms with Gasteiger partial charge in [-0.2, -0.15) is 0 Å². The van der Waals surface area contributed by atoms with Crippen LogP contribution in [0.3, 0.4) is 0 Å². The van der Waals surface area contributed by atoms with E-state index in [1.54, 1.807) is 0 Å². The lowest BCUT2D eigenvalue weighted by Crippen LogP contribution is -2.58. The van der Waals surface area contributed by atoms with Gasteiger partial charge < -0.3 is 10.6 Å². The Balaban J connectivity index is 0.00000264. The second-order valence-corrected chi connectivity index (χ2v) is 6.73. The van der Waals surface area contributed by atoms with Crippen LogP contribution in [0.5, 0.6) is 0 Å². The van der Waals surface area contributed by atoms with Gasteiger partial charge in [0.1, 0.15) is 0 Å². The zero-order chi connectivity index (χ0) is 16.2. The maximum Gasteiger partial charge on any atom is 0.242 e. The second-order valence-electron chi connectivity index (χ2n) is 6.33. The standard InChI is InChI=1S/C17H26ClN3O.ClH/c1-3-8-17(2,19)16(22)21-11-9-20(10-12-21)13-14-6-4-5-7-15(14)18;/h4-7H,3,8-13,19H2,1-2H3;1H. The van der Waals surface area contributed by atoms with Gasteiger partial charge in [0, 0.05) is 37.7 Å². The molecule has 1 aromatic rings. The summed E-state index contributed by atoms with van der Waals surface area (Å²) in [4.78, 5) is 16.7. The van der Waals surface area contributed by atoms with E-state index >= 15 is 0 Å². The summed E-state index contributed by atoms with van der Waals surface area (Å²) in [7, 11) is 0. The summed E-state index contributed by atoms with van der Waals surface area (Å²) < 4.78 is 0. The highest BCUT2D eigenvalue weighted by molar-refractivity contribution is 6.31. The lowest BCUT2D eigenvalue weighted by molar-refractivity contribution is -0.138. The van der Waals surface area contributed by atoms with Gasteiger partial charge in [-0.15, -0.1) is 12.4 Å². The molecule has 0 radical (unpaired) electrons. The summed E-state index contributed by atoms with van der Waals surface area (Å²) in [6.07, 6.45) is 1.65. The molecule has 1 fully saturated rings. The first-order valence-electron chi connectivity index (χ1n) is 7.98. The molecule has 1 aliphatic rings. The number of carbonyl (C=O) groups excluding carboxylic acids is 1. The Morgan fingerprint density at radius 1 is 1.26 bits per heavy atom. The van der Waals surface area contributed by atoms with Gasteiger partial charge in [0.05, 0.1) is 5.54 Å². The molecule has 0 bridgehead atoms. The van der Waals surface area contributed by atoms with Crippen molar-refractivity contribution in [2.75, 3.05) is 26.2 Å². The molecule has 1 atom stereocenters. The van der Waals surface area contributed by atoms with Gasteiger partial charge in [0.25, 0.3) is 0 Å². The van der Waals surface area contributed by atoms with Crippen molar-refractivity contribution in [2.45, 2.75) is 38.8 Å². The van der Waals surface area contributed by atoms with Crippen LogP contribution in [-0.4, -0.2) is 47.4 Å². The molecule has 0 aliphatic carbocycles. The van der Waals surface area contributed by atoms with Crippen LogP contribution in [0.15, 0.2) is 24.3 Å². The number of hydrogen-bond donors (Lipinski definition) is 1. The van der Waals surface area contributed by atoms with Crippen molar-refractivity contribution >= 4 is 29.9 Å². The van der Waals surface area contributed by atoms with Gasteiger partial charge in [0.2, 0.25) is 5.91 Å². The third-order valence-corrected chi connectivity index (χ3v) is 4.64. The van der Waals surface area contributed by atoms with Crippen LogP contribution in [0.2, 0.25) is 5.02 Å². The number of halogens is 2. The zero-order valence-electron chi connectivity index (χ0n) is 13.9. The summed E-state index contributed by atoms with van der Waals surface area (Å²) >= 11 is 6.21. The zero-order valence-corrected chi connectivity index (χ0v) is 15.5. The van der Waals surface area contributed by atoms with Gasteiger partial charge in [-0.3, -0.25) is 9.69 Å². The highest BCUT2D eigenvalue weighted by atomic mass is 35.5. The van der Waals surface area contributed by atoms with Crippen LogP contribution < -0.4 is 5.73 Å². The first kappa shape index (κ1) is 20.2. The van der Waals surface area contributed by atoms with E-state index in [0.717, 1.165) is 56.2 Å². The minimum Gasteiger partial charge on any atom is -0.339 e. The minimum atomic E-state index is -0.736. The molecule has 2 rings (SSSR count). The van der Waals surface area contributed by atoms with Gasteiger partial charge in [-0.25, -0.2) is 0 Å². The van der Waals surface area contributed by atoms with Crippen molar-refractivity contribution in [1.29, 1.82) is 0 Å². The number of amides is 1. The van der Waals surface area contributed by atoms with Crippen LogP contribution in [0.25, 0.3) is 0 Å². The summed E-state index contributed by atoms with van der Waals surface area (Å²) in [6.45, 7) is 7.92. The number of nitrogens with two attached hydrogens (primary N) is 1. The molecule has 2 N–H and O–H groups in total. The van der Waals surface area contributed by atoms with Crippen LogP contribution in [0, 0.1) is 0 Å². The molecule has 1 unspecified atom stereocenters. The normalized spacial score (nSPS) is 18.2. The van der Waals surface area contributed by atoms with Crippen LogP contribution in [0.1, 0.15) is 32.3 Å². The van der Waals surface area contributed by atoms with E-state index < -0.39 is 5.54 Å². The Morgan fingerprint density at radius 2 is 1.87 bits per heavy atom. The highest BCUT2D eigenvalue weighted by Gasteiger charge is 2.33. The fourth-order valence-electron chi connectivity index (χ4n) is 2.96. The molecular formula is C17H27Cl2N3O. The average molecular weight is 360 g/mol. The van der Waals surface area contributed by atoms with Crippen LogP contribution in [0.4, 0.5) is 0 Å². The summed E-state index contributed by atoms with van der Waals surface area (Å²) in [5.74, 6) is 0.0757. The van der Waals surface area contributed by atoms with Crippen molar-refractivity contribution in [2.24, 2.45) is 5.73 Å². The number of hydrogen-bond acceptors (Lipinski definition) is 3. The molecule has 130 valence electrons. The molecule has 0 aromatic heterocycles. The molecule has 6 heteroatoms. The minimum absolute atomic E-state index is 0. The molecule has 1 amide bonds.